The van der Waals surface area contributed by atoms with Crippen LogP contribution in [0.3, 0.4) is 0 Å². The minimum Gasteiger partial charge on any atom is -0.726 e. The first-order valence-corrected chi connectivity index (χ1v) is 12.5. The fraction of sp³-hybridized carbons (Fsp3) is 0.952. The summed E-state index contributed by atoms with van der Waals surface area (Å²) in [5.74, 6) is 0.398. The average Bonchev–Trinajstić information content (AvgIpc) is 2.65. The summed E-state index contributed by atoms with van der Waals surface area (Å²) >= 11 is 0. The number of ether oxygens (including phenoxy) is 1. The molecule has 0 N–H and O–H groups in total. The van der Waals surface area contributed by atoms with E-state index in [0.717, 1.165) is 25.7 Å². The minimum atomic E-state index is -4.59. The van der Waals surface area contributed by atoms with Crippen molar-refractivity contribution in [3.63, 3.8) is 0 Å². The number of ketones is 1. The van der Waals surface area contributed by atoms with Gasteiger partial charge in [0.25, 0.3) is 0 Å². The van der Waals surface area contributed by atoms with Crippen LogP contribution in [0.15, 0.2) is 0 Å². The van der Waals surface area contributed by atoms with Gasteiger partial charge in [-0.05, 0) is 12.8 Å². The van der Waals surface area contributed by atoms with E-state index in [2.05, 4.69) is 4.18 Å². The summed E-state index contributed by atoms with van der Waals surface area (Å²) in [6.45, 7) is 2.46. The molecular weight excluding hydrogens is 403 g/mol. The van der Waals surface area contributed by atoms with Crippen LogP contribution in [-0.2, 0) is 24.1 Å². The van der Waals surface area contributed by atoms with E-state index in [9.17, 15) is 17.8 Å². The normalized spacial score (nSPS) is 11.4. The monoisotopic (exact) mass is 444 g/mol. The van der Waals surface area contributed by atoms with Gasteiger partial charge in [-0.25, -0.2) is 8.42 Å². The number of hydrogen-bond acceptors (Lipinski definition) is 6. The number of rotatable bonds is 22. The zero-order valence-corrected chi connectivity index (χ0v) is 21.6. The van der Waals surface area contributed by atoms with Crippen molar-refractivity contribution < 1.29 is 56.2 Å². The molecule has 0 aliphatic rings. The second kappa shape index (κ2) is 23.2. The Morgan fingerprint density at radius 3 is 1.52 bits per heavy atom. The van der Waals surface area contributed by atoms with Gasteiger partial charge in [0.1, 0.15) is 5.78 Å². The zero-order valence-electron chi connectivity index (χ0n) is 18.8. The number of hydrogen-bond donors (Lipinski definition) is 0. The van der Waals surface area contributed by atoms with E-state index in [1.165, 1.54) is 70.6 Å². The van der Waals surface area contributed by atoms with E-state index in [1.54, 1.807) is 0 Å². The molecule has 0 unspecified atom stereocenters. The van der Waals surface area contributed by atoms with E-state index < -0.39 is 10.4 Å². The molecule has 0 aromatic rings. The molecule has 0 aliphatic carbocycles. The molecule has 29 heavy (non-hydrogen) atoms. The molecular formula is C21H41NaO6S. The third kappa shape index (κ3) is 28.5. The SMILES string of the molecule is CCC(=O)CCCCCCCCCCCCCCCCOCCOS(=O)(=O)[O-].[Na+]. The Morgan fingerprint density at radius 2 is 1.10 bits per heavy atom. The van der Waals surface area contributed by atoms with Gasteiger partial charge in [-0.3, -0.25) is 8.98 Å². The Labute approximate surface area is 201 Å². The second-order valence-corrected chi connectivity index (χ2v) is 8.49. The second-order valence-electron chi connectivity index (χ2n) is 7.43. The quantitative estimate of drug-likeness (QED) is 0.110. The molecule has 0 atom stereocenters. The van der Waals surface area contributed by atoms with Crippen molar-refractivity contribution in [2.24, 2.45) is 0 Å². The molecule has 0 saturated carbocycles. The summed E-state index contributed by atoms with van der Waals surface area (Å²) < 4.78 is 39.9. The van der Waals surface area contributed by atoms with Crippen molar-refractivity contribution in [2.75, 3.05) is 19.8 Å². The molecule has 0 bridgehead atoms. The summed E-state index contributed by atoms with van der Waals surface area (Å²) in [5, 5.41) is 0. The molecule has 8 heteroatoms. The Balaban J connectivity index is 0. The first-order valence-electron chi connectivity index (χ1n) is 11.2. The van der Waals surface area contributed by atoms with Gasteiger partial charge in [-0.2, -0.15) is 0 Å². The predicted octanol–water partition coefficient (Wildman–Crippen LogP) is 2.31. The molecule has 0 spiro atoms. The summed E-state index contributed by atoms with van der Waals surface area (Å²) in [7, 11) is -4.59. The van der Waals surface area contributed by atoms with Gasteiger partial charge in [-0.15, -0.1) is 0 Å². The van der Waals surface area contributed by atoms with E-state index in [4.69, 9.17) is 4.74 Å². The summed E-state index contributed by atoms with van der Waals surface area (Å²) in [4.78, 5) is 11.2. The first-order chi connectivity index (χ1) is 13.5. The van der Waals surface area contributed by atoms with Crippen LogP contribution in [0.5, 0.6) is 0 Å². The van der Waals surface area contributed by atoms with Crippen molar-refractivity contribution in [1.29, 1.82) is 0 Å². The fourth-order valence-corrected chi connectivity index (χ4v) is 3.39. The van der Waals surface area contributed by atoms with E-state index in [1.807, 2.05) is 6.92 Å². The largest absolute Gasteiger partial charge is 1.00 e. The topological polar surface area (TPSA) is 92.7 Å². The smallest absolute Gasteiger partial charge is 0.726 e. The fourth-order valence-electron chi connectivity index (χ4n) is 3.12. The van der Waals surface area contributed by atoms with Crippen molar-refractivity contribution in [2.45, 2.75) is 110 Å². The molecule has 0 amide bonds. The van der Waals surface area contributed by atoms with E-state index in [-0.39, 0.29) is 42.8 Å². The number of unbranched alkanes of at least 4 members (excludes halogenated alkanes) is 13. The van der Waals surface area contributed by atoms with Crippen LogP contribution in [0.2, 0.25) is 0 Å². The minimum absolute atomic E-state index is 0. The Hall–Kier alpha value is 0.500. The molecule has 168 valence electrons. The molecule has 0 aromatic heterocycles. The van der Waals surface area contributed by atoms with Crippen molar-refractivity contribution in [3.05, 3.63) is 0 Å². The summed E-state index contributed by atoms with van der Waals surface area (Å²) in [6.07, 6.45) is 18.8. The molecule has 6 nitrogen and oxygen atoms in total. The van der Waals surface area contributed by atoms with Crippen LogP contribution < -0.4 is 29.6 Å². The van der Waals surface area contributed by atoms with Crippen LogP contribution >= 0.6 is 0 Å². The van der Waals surface area contributed by atoms with Gasteiger partial charge in [0.2, 0.25) is 10.4 Å². The van der Waals surface area contributed by atoms with Gasteiger partial charge in [0.05, 0.1) is 13.2 Å². The molecule has 0 saturated heterocycles. The maximum Gasteiger partial charge on any atom is 1.00 e. The predicted molar refractivity (Wildman–Crippen MR) is 111 cm³/mol. The molecule has 0 fully saturated rings. The molecule has 0 aromatic carbocycles. The first kappa shape index (κ1) is 31.7. The Morgan fingerprint density at radius 1 is 0.690 bits per heavy atom. The Bertz CT molecular complexity index is 456. The molecule has 0 radical (unpaired) electrons. The average molecular weight is 445 g/mol. The van der Waals surface area contributed by atoms with Crippen LogP contribution in [0, 0.1) is 0 Å². The third-order valence-corrected chi connectivity index (χ3v) is 5.30. The van der Waals surface area contributed by atoms with Crippen molar-refractivity contribution in [3.8, 4) is 0 Å². The van der Waals surface area contributed by atoms with Gasteiger partial charge >= 0.3 is 29.6 Å². The van der Waals surface area contributed by atoms with E-state index >= 15 is 0 Å². The molecule has 0 rings (SSSR count). The zero-order chi connectivity index (χ0) is 20.9. The van der Waals surface area contributed by atoms with Gasteiger partial charge in [0, 0.05) is 19.4 Å². The number of carbonyl (C=O) groups is 1. The van der Waals surface area contributed by atoms with E-state index in [0.29, 0.717) is 18.8 Å². The van der Waals surface area contributed by atoms with Crippen LogP contribution in [0.4, 0.5) is 0 Å². The number of carbonyl (C=O) groups excluding carboxylic acids is 1. The van der Waals surface area contributed by atoms with Crippen molar-refractivity contribution >= 4 is 16.2 Å². The van der Waals surface area contributed by atoms with Crippen LogP contribution in [0.25, 0.3) is 0 Å². The van der Waals surface area contributed by atoms with Crippen LogP contribution in [-0.4, -0.2) is 38.6 Å². The van der Waals surface area contributed by atoms with Gasteiger partial charge in [0.15, 0.2) is 0 Å². The maximum atomic E-state index is 11.2. The summed E-state index contributed by atoms with van der Waals surface area (Å²) in [6, 6.07) is 0. The van der Waals surface area contributed by atoms with Crippen LogP contribution in [0.1, 0.15) is 110 Å². The van der Waals surface area contributed by atoms with Gasteiger partial charge in [-0.1, -0.05) is 84.0 Å². The molecule has 0 aliphatic heterocycles. The van der Waals surface area contributed by atoms with Crippen molar-refractivity contribution in [1.82, 2.24) is 0 Å². The third-order valence-electron chi connectivity index (χ3n) is 4.84. The summed E-state index contributed by atoms with van der Waals surface area (Å²) in [5.41, 5.74) is 0. The number of Topliss-reactive ketones (excluding diaryl/α,β-unsaturated/α-hetero) is 1. The molecule has 0 heterocycles. The standard InChI is InChI=1S/C21H42O6S.Na/c1-2-21(22)17-15-13-11-9-7-5-3-4-6-8-10-12-14-16-18-26-19-20-27-28(23,24)25;/h2-20H2,1H3,(H,23,24,25);/q;+1/p-1. The van der Waals surface area contributed by atoms with Gasteiger partial charge < -0.3 is 9.29 Å². The maximum absolute atomic E-state index is 11.2. The Kier molecular flexibility index (Phi) is 25.3.